The third-order valence-electron chi connectivity index (χ3n) is 3.19. The lowest BCUT2D eigenvalue weighted by molar-refractivity contribution is 0.373. The van der Waals surface area contributed by atoms with E-state index in [1.807, 2.05) is 6.07 Å². The lowest BCUT2D eigenvalue weighted by Crippen LogP contribution is -2.17. The highest BCUT2D eigenvalue weighted by atomic mass is 15.0. The van der Waals surface area contributed by atoms with Crippen LogP contribution in [0.25, 0.3) is 0 Å². The molecule has 1 aromatic heterocycles. The summed E-state index contributed by atoms with van der Waals surface area (Å²) in [5, 5.41) is 12.0. The van der Waals surface area contributed by atoms with E-state index in [0.29, 0.717) is 5.56 Å². The van der Waals surface area contributed by atoms with Crippen LogP contribution in [0.3, 0.4) is 0 Å². The predicted molar refractivity (Wildman–Crippen MR) is 64.0 cm³/mol. The molecular formula is C13H17N3. The average molecular weight is 215 g/mol. The fourth-order valence-corrected chi connectivity index (χ4v) is 2.20. The molecule has 0 saturated heterocycles. The van der Waals surface area contributed by atoms with Gasteiger partial charge in [-0.2, -0.15) is 5.26 Å². The molecule has 1 fully saturated rings. The molecule has 84 valence electrons. The standard InChI is InChI=1S/C13H17N3/c14-8-12-6-7-13(16-10-12)15-9-11-4-2-1-3-5-11/h6-7,10-11H,1-5,9H2,(H,15,16). The second kappa shape index (κ2) is 5.50. The van der Waals surface area contributed by atoms with E-state index in [2.05, 4.69) is 16.4 Å². The summed E-state index contributed by atoms with van der Waals surface area (Å²) < 4.78 is 0. The van der Waals surface area contributed by atoms with Gasteiger partial charge in [-0.25, -0.2) is 4.98 Å². The number of nitriles is 1. The maximum absolute atomic E-state index is 8.65. The van der Waals surface area contributed by atoms with Crippen molar-refractivity contribution in [2.45, 2.75) is 32.1 Å². The minimum absolute atomic E-state index is 0.614. The molecule has 0 radical (unpaired) electrons. The number of nitrogens with one attached hydrogen (secondary N) is 1. The maximum Gasteiger partial charge on any atom is 0.125 e. The van der Waals surface area contributed by atoms with E-state index < -0.39 is 0 Å². The van der Waals surface area contributed by atoms with Crippen LogP contribution in [-0.4, -0.2) is 11.5 Å². The van der Waals surface area contributed by atoms with Crippen LogP contribution in [0, 0.1) is 17.2 Å². The molecule has 0 atom stereocenters. The van der Waals surface area contributed by atoms with Crippen LogP contribution in [-0.2, 0) is 0 Å². The summed E-state index contributed by atoms with van der Waals surface area (Å²) in [5.74, 6) is 1.68. The van der Waals surface area contributed by atoms with Crippen molar-refractivity contribution in [2.24, 2.45) is 5.92 Å². The Morgan fingerprint density at radius 2 is 2.12 bits per heavy atom. The van der Waals surface area contributed by atoms with Crippen molar-refractivity contribution < 1.29 is 0 Å². The van der Waals surface area contributed by atoms with Crippen molar-refractivity contribution in [1.29, 1.82) is 5.26 Å². The van der Waals surface area contributed by atoms with Crippen LogP contribution in [0.5, 0.6) is 0 Å². The van der Waals surface area contributed by atoms with Gasteiger partial charge in [-0.05, 0) is 30.9 Å². The molecule has 3 nitrogen and oxygen atoms in total. The summed E-state index contributed by atoms with van der Waals surface area (Å²) in [6.07, 6.45) is 8.42. The summed E-state index contributed by atoms with van der Waals surface area (Å²) in [5.41, 5.74) is 0.614. The minimum Gasteiger partial charge on any atom is -0.370 e. The van der Waals surface area contributed by atoms with Crippen LogP contribution in [0.1, 0.15) is 37.7 Å². The van der Waals surface area contributed by atoms with Crippen LogP contribution in [0.15, 0.2) is 18.3 Å². The van der Waals surface area contributed by atoms with Crippen molar-refractivity contribution >= 4 is 5.82 Å². The molecule has 1 N–H and O–H groups in total. The summed E-state index contributed by atoms with van der Waals surface area (Å²) in [6, 6.07) is 5.75. The van der Waals surface area contributed by atoms with Gasteiger partial charge in [0.1, 0.15) is 11.9 Å². The molecule has 1 saturated carbocycles. The molecule has 1 aliphatic rings. The molecule has 16 heavy (non-hydrogen) atoms. The monoisotopic (exact) mass is 215 g/mol. The Hall–Kier alpha value is -1.56. The van der Waals surface area contributed by atoms with Crippen LogP contribution >= 0.6 is 0 Å². The van der Waals surface area contributed by atoms with Gasteiger partial charge in [-0.3, -0.25) is 0 Å². The molecule has 1 aliphatic carbocycles. The number of anilines is 1. The lowest BCUT2D eigenvalue weighted by Gasteiger charge is -2.21. The van der Waals surface area contributed by atoms with Gasteiger partial charge < -0.3 is 5.32 Å². The van der Waals surface area contributed by atoms with E-state index in [0.717, 1.165) is 18.3 Å². The van der Waals surface area contributed by atoms with Crippen molar-refractivity contribution in [3.8, 4) is 6.07 Å². The quantitative estimate of drug-likeness (QED) is 0.843. The molecule has 0 spiro atoms. The van der Waals surface area contributed by atoms with Crippen molar-refractivity contribution in [2.75, 3.05) is 11.9 Å². The van der Waals surface area contributed by atoms with Gasteiger partial charge in [-0.15, -0.1) is 0 Å². The van der Waals surface area contributed by atoms with E-state index in [4.69, 9.17) is 5.26 Å². The number of pyridine rings is 1. The second-order valence-corrected chi connectivity index (χ2v) is 4.43. The summed E-state index contributed by atoms with van der Waals surface area (Å²) in [4.78, 5) is 4.20. The molecule has 3 heteroatoms. The van der Waals surface area contributed by atoms with Crippen molar-refractivity contribution in [3.05, 3.63) is 23.9 Å². The van der Waals surface area contributed by atoms with Crippen molar-refractivity contribution in [1.82, 2.24) is 4.98 Å². The average Bonchev–Trinajstić information content (AvgIpc) is 2.38. The van der Waals surface area contributed by atoms with Crippen LogP contribution in [0.4, 0.5) is 5.82 Å². The number of hydrogen-bond donors (Lipinski definition) is 1. The van der Waals surface area contributed by atoms with E-state index in [1.54, 1.807) is 12.3 Å². The number of nitrogens with zero attached hydrogens (tertiary/aromatic N) is 2. The highest BCUT2D eigenvalue weighted by molar-refractivity contribution is 5.38. The van der Waals surface area contributed by atoms with Gasteiger partial charge in [0.05, 0.1) is 5.56 Å². The minimum atomic E-state index is 0.614. The topological polar surface area (TPSA) is 48.7 Å². The maximum atomic E-state index is 8.65. The molecule has 0 aromatic carbocycles. The highest BCUT2D eigenvalue weighted by Crippen LogP contribution is 2.23. The first kappa shape index (κ1) is 10.9. The van der Waals surface area contributed by atoms with Gasteiger partial charge >= 0.3 is 0 Å². The van der Waals surface area contributed by atoms with E-state index in [9.17, 15) is 0 Å². The zero-order valence-corrected chi connectivity index (χ0v) is 9.45. The number of hydrogen-bond acceptors (Lipinski definition) is 3. The lowest BCUT2D eigenvalue weighted by atomic mass is 9.89. The zero-order valence-electron chi connectivity index (χ0n) is 9.45. The Morgan fingerprint density at radius 1 is 1.31 bits per heavy atom. The predicted octanol–water partition coefficient (Wildman–Crippen LogP) is 2.95. The fraction of sp³-hybridized carbons (Fsp3) is 0.538. The summed E-state index contributed by atoms with van der Waals surface area (Å²) in [7, 11) is 0. The zero-order chi connectivity index (χ0) is 11.2. The second-order valence-electron chi connectivity index (χ2n) is 4.43. The Bertz CT molecular complexity index is 358. The summed E-state index contributed by atoms with van der Waals surface area (Å²) in [6.45, 7) is 1.01. The first-order valence-corrected chi connectivity index (χ1v) is 5.98. The molecule has 0 unspecified atom stereocenters. The van der Waals surface area contributed by atoms with Crippen molar-refractivity contribution in [3.63, 3.8) is 0 Å². The molecule has 0 aliphatic heterocycles. The first-order chi connectivity index (χ1) is 7.88. The largest absolute Gasteiger partial charge is 0.370 e. The van der Waals surface area contributed by atoms with Gasteiger partial charge in [0.2, 0.25) is 0 Å². The Labute approximate surface area is 96.5 Å². The van der Waals surface area contributed by atoms with Gasteiger partial charge in [0, 0.05) is 12.7 Å². The third-order valence-corrected chi connectivity index (χ3v) is 3.19. The van der Waals surface area contributed by atoms with Gasteiger partial charge in [0.25, 0.3) is 0 Å². The summed E-state index contributed by atoms with van der Waals surface area (Å²) >= 11 is 0. The molecule has 2 rings (SSSR count). The highest BCUT2D eigenvalue weighted by Gasteiger charge is 2.12. The molecular weight excluding hydrogens is 198 g/mol. The van der Waals surface area contributed by atoms with Crippen LogP contribution in [0.2, 0.25) is 0 Å². The fourth-order valence-electron chi connectivity index (χ4n) is 2.20. The van der Waals surface area contributed by atoms with Gasteiger partial charge in [-0.1, -0.05) is 19.3 Å². The first-order valence-electron chi connectivity index (χ1n) is 5.98. The Kier molecular flexibility index (Phi) is 3.76. The normalized spacial score (nSPS) is 16.7. The Morgan fingerprint density at radius 3 is 2.75 bits per heavy atom. The Balaban J connectivity index is 1.82. The van der Waals surface area contributed by atoms with E-state index in [1.165, 1.54) is 32.1 Å². The number of aromatic nitrogens is 1. The molecule has 1 aromatic rings. The third kappa shape index (κ3) is 2.96. The molecule has 1 heterocycles. The van der Waals surface area contributed by atoms with Gasteiger partial charge in [0.15, 0.2) is 0 Å². The smallest absolute Gasteiger partial charge is 0.125 e. The molecule has 0 bridgehead atoms. The van der Waals surface area contributed by atoms with E-state index >= 15 is 0 Å². The SMILES string of the molecule is N#Cc1ccc(NCC2CCCCC2)nc1. The van der Waals surface area contributed by atoms with E-state index in [-0.39, 0.29) is 0 Å². The van der Waals surface area contributed by atoms with Crippen LogP contribution < -0.4 is 5.32 Å². The number of rotatable bonds is 3. The molecule has 0 amide bonds.